The second-order valence-corrected chi connectivity index (χ2v) is 7.61. The summed E-state index contributed by atoms with van der Waals surface area (Å²) in [7, 11) is 0. The predicted molar refractivity (Wildman–Crippen MR) is 102 cm³/mol. The Balaban J connectivity index is 1.71. The van der Waals surface area contributed by atoms with Gasteiger partial charge in [0, 0.05) is 29.9 Å². The van der Waals surface area contributed by atoms with Crippen LogP contribution < -0.4 is 0 Å². The summed E-state index contributed by atoms with van der Waals surface area (Å²) < 4.78 is 0. The standard InChI is InChI=1S/C18H25ClN2O3S/c1-2-20(11-18(23)24)16-7-9-21(10-8-16)17(22)13-25-12-14-3-5-15(19)6-4-14/h3-6,16H,2,7-13H2,1H3,(H,23,24). The van der Waals surface area contributed by atoms with Gasteiger partial charge >= 0.3 is 5.97 Å². The van der Waals surface area contributed by atoms with Crippen molar-refractivity contribution in [3.8, 4) is 0 Å². The summed E-state index contributed by atoms with van der Waals surface area (Å²) in [5.74, 6) is 0.638. The molecule has 0 aromatic heterocycles. The fourth-order valence-corrected chi connectivity index (χ4v) is 4.09. The molecule has 1 N–H and O–H groups in total. The maximum absolute atomic E-state index is 12.3. The molecular formula is C18H25ClN2O3S. The molecule has 0 aliphatic carbocycles. The van der Waals surface area contributed by atoms with E-state index in [9.17, 15) is 9.59 Å². The third kappa shape index (κ3) is 6.53. The first-order chi connectivity index (χ1) is 12.0. The number of nitrogens with zero attached hydrogens (tertiary/aromatic N) is 2. The number of hydrogen-bond donors (Lipinski definition) is 1. The van der Waals surface area contributed by atoms with Gasteiger partial charge in [-0.15, -0.1) is 11.8 Å². The van der Waals surface area contributed by atoms with Crippen molar-refractivity contribution < 1.29 is 14.7 Å². The summed E-state index contributed by atoms with van der Waals surface area (Å²) in [4.78, 5) is 27.2. The lowest BCUT2D eigenvalue weighted by molar-refractivity contribution is -0.140. The molecule has 0 radical (unpaired) electrons. The number of likely N-dealkylation sites (N-methyl/N-ethyl adjacent to an activating group) is 1. The van der Waals surface area contributed by atoms with Crippen molar-refractivity contribution in [3.05, 3.63) is 34.9 Å². The number of halogens is 1. The van der Waals surface area contributed by atoms with Gasteiger partial charge in [0.2, 0.25) is 5.91 Å². The van der Waals surface area contributed by atoms with Crippen LogP contribution in [0.1, 0.15) is 25.3 Å². The quantitative estimate of drug-likeness (QED) is 0.746. The molecule has 5 nitrogen and oxygen atoms in total. The van der Waals surface area contributed by atoms with Gasteiger partial charge in [-0.05, 0) is 37.1 Å². The zero-order valence-corrected chi connectivity index (χ0v) is 16.1. The monoisotopic (exact) mass is 384 g/mol. The molecule has 1 heterocycles. The number of carbonyl (C=O) groups excluding carboxylic acids is 1. The number of aliphatic carboxylic acids is 1. The molecule has 0 bridgehead atoms. The average molecular weight is 385 g/mol. The molecule has 1 amide bonds. The number of amides is 1. The van der Waals surface area contributed by atoms with E-state index in [4.69, 9.17) is 16.7 Å². The maximum atomic E-state index is 12.3. The lowest BCUT2D eigenvalue weighted by Crippen LogP contribution is -2.48. The molecule has 25 heavy (non-hydrogen) atoms. The van der Waals surface area contributed by atoms with Crippen LogP contribution >= 0.6 is 23.4 Å². The molecule has 138 valence electrons. The van der Waals surface area contributed by atoms with Crippen LogP contribution in [0.4, 0.5) is 0 Å². The van der Waals surface area contributed by atoms with Crippen molar-refractivity contribution >= 4 is 35.2 Å². The number of likely N-dealkylation sites (tertiary alicyclic amines) is 1. The minimum Gasteiger partial charge on any atom is -0.480 e. The lowest BCUT2D eigenvalue weighted by Gasteiger charge is -2.37. The predicted octanol–water partition coefficient (Wildman–Crippen LogP) is 2.97. The van der Waals surface area contributed by atoms with Crippen LogP contribution in [0.5, 0.6) is 0 Å². The Morgan fingerprint density at radius 2 is 1.92 bits per heavy atom. The summed E-state index contributed by atoms with van der Waals surface area (Å²) in [5.41, 5.74) is 1.16. The molecule has 1 aliphatic rings. The van der Waals surface area contributed by atoms with Crippen LogP contribution in [-0.2, 0) is 15.3 Å². The van der Waals surface area contributed by atoms with E-state index in [1.165, 1.54) is 0 Å². The Kier molecular flexibility index (Phi) is 8.06. The number of carbonyl (C=O) groups is 2. The van der Waals surface area contributed by atoms with E-state index in [-0.39, 0.29) is 18.5 Å². The van der Waals surface area contributed by atoms with E-state index in [0.29, 0.717) is 18.8 Å². The summed E-state index contributed by atoms with van der Waals surface area (Å²) >= 11 is 7.48. The average Bonchev–Trinajstić information content (AvgIpc) is 2.61. The minimum atomic E-state index is -0.793. The van der Waals surface area contributed by atoms with Gasteiger partial charge in [0.05, 0.1) is 12.3 Å². The van der Waals surface area contributed by atoms with E-state index in [2.05, 4.69) is 0 Å². The maximum Gasteiger partial charge on any atom is 0.317 e. The molecule has 7 heteroatoms. The third-order valence-electron chi connectivity index (χ3n) is 4.49. The number of carboxylic acids is 1. The van der Waals surface area contributed by atoms with E-state index in [0.717, 1.165) is 35.7 Å². The first-order valence-electron chi connectivity index (χ1n) is 8.55. The number of benzene rings is 1. The molecule has 2 rings (SSSR count). The van der Waals surface area contributed by atoms with Gasteiger partial charge in [0.15, 0.2) is 0 Å². The molecule has 1 aliphatic heterocycles. The third-order valence-corrected chi connectivity index (χ3v) is 5.73. The summed E-state index contributed by atoms with van der Waals surface area (Å²) in [6, 6.07) is 7.94. The second kappa shape index (κ2) is 10.0. The highest BCUT2D eigenvalue weighted by molar-refractivity contribution is 7.99. The zero-order chi connectivity index (χ0) is 18.2. The van der Waals surface area contributed by atoms with Gasteiger partial charge in [-0.25, -0.2) is 0 Å². The Bertz CT molecular complexity index is 574. The fraction of sp³-hybridized carbons (Fsp3) is 0.556. The highest BCUT2D eigenvalue weighted by Crippen LogP contribution is 2.19. The molecule has 0 spiro atoms. The zero-order valence-electron chi connectivity index (χ0n) is 14.5. The lowest BCUT2D eigenvalue weighted by atomic mass is 10.0. The van der Waals surface area contributed by atoms with Gasteiger partial charge in [-0.1, -0.05) is 30.7 Å². The van der Waals surface area contributed by atoms with Crippen molar-refractivity contribution in [3.63, 3.8) is 0 Å². The first kappa shape index (κ1) is 20.1. The smallest absolute Gasteiger partial charge is 0.317 e. The van der Waals surface area contributed by atoms with E-state index < -0.39 is 5.97 Å². The van der Waals surface area contributed by atoms with Crippen molar-refractivity contribution in [1.29, 1.82) is 0 Å². The van der Waals surface area contributed by atoms with Gasteiger partial charge in [-0.3, -0.25) is 14.5 Å². The summed E-state index contributed by atoms with van der Waals surface area (Å²) in [5, 5.41) is 9.70. The SMILES string of the molecule is CCN(CC(=O)O)C1CCN(C(=O)CSCc2ccc(Cl)cc2)CC1. The summed E-state index contributed by atoms with van der Waals surface area (Å²) in [6.07, 6.45) is 1.68. The minimum absolute atomic E-state index is 0.0755. The van der Waals surface area contributed by atoms with Gasteiger partial charge < -0.3 is 10.0 Å². The molecule has 1 fully saturated rings. The second-order valence-electron chi connectivity index (χ2n) is 6.19. The molecule has 0 unspecified atom stereocenters. The van der Waals surface area contributed by atoms with Gasteiger partial charge in [0.1, 0.15) is 0 Å². The Hall–Kier alpha value is -1.24. The molecular weight excluding hydrogens is 360 g/mol. The highest BCUT2D eigenvalue weighted by atomic mass is 35.5. The van der Waals surface area contributed by atoms with Crippen molar-refractivity contribution in [1.82, 2.24) is 9.80 Å². The van der Waals surface area contributed by atoms with Crippen LogP contribution in [0.15, 0.2) is 24.3 Å². The Morgan fingerprint density at radius 3 is 2.48 bits per heavy atom. The normalized spacial score (nSPS) is 15.6. The molecule has 1 aromatic rings. The number of hydrogen-bond acceptors (Lipinski definition) is 4. The Labute approximate surface area is 158 Å². The number of piperidine rings is 1. The molecule has 0 atom stereocenters. The molecule has 0 saturated carbocycles. The molecule has 1 aromatic carbocycles. The largest absolute Gasteiger partial charge is 0.480 e. The van der Waals surface area contributed by atoms with Crippen LogP contribution in [0.2, 0.25) is 5.02 Å². The highest BCUT2D eigenvalue weighted by Gasteiger charge is 2.26. The number of thioether (sulfide) groups is 1. The Morgan fingerprint density at radius 1 is 1.28 bits per heavy atom. The van der Waals surface area contributed by atoms with E-state index in [1.807, 2.05) is 41.0 Å². The van der Waals surface area contributed by atoms with Crippen LogP contribution in [0, 0.1) is 0 Å². The first-order valence-corrected chi connectivity index (χ1v) is 10.1. The van der Waals surface area contributed by atoms with E-state index >= 15 is 0 Å². The fourth-order valence-electron chi connectivity index (χ4n) is 3.08. The number of carboxylic acid groups (broad SMARTS) is 1. The van der Waals surface area contributed by atoms with Crippen molar-refractivity contribution in [2.75, 3.05) is 31.9 Å². The van der Waals surface area contributed by atoms with Crippen LogP contribution in [0.25, 0.3) is 0 Å². The van der Waals surface area contributed by atoms with Gasteiger partial charge in [-0.2, -0.15) is 0 Å². The molecule has 1 saturated heterocycles. The van der Waals surface area contributed by atoms with Crippen molar-refractivity contribution in [2.45, 2.75) is 31.6 Å². The van der Waals surface area contributed by atoms with Crippen LogP contribution in [-0.4, -0.2) is 64.8 Å². The summed E-state index contributed by atoms with van der Waals surface area (Å²) in [6.45, 7) is 4.20. The van der Waals surface area contributed by atoms with E-state index in [1.54, 1.807) is 11.8 Å². The van der Waals surface area contributed by atoms with Crippen LogP contribution in [0.3, 0.4) is 0 Å². The number of rotatable bonds is 8. The van der Waals surface area contributed by atoms with Gasteiger partial charge in [0.25, 0.3) is 0 Å². The topological polar surface area (TPSA) is 60.9 Å². The van der Waals surface area contributed by atoms with Crippen molar-refractivity contribution in [2.24, 2.45) is 0 Å².